The van der Waals surface area contributed by atoms with Gasteiger partial charge in [0.05, 0.1) is 13.2 Å². The molecular formula is C13H19N3O3. The van der Waals surface area contributed by atoms with E-state index >= 15 is 0 Å². The number of aromatic nitrogens is 2. The topological polar surface area (TPSA) is 65.4 Å². The highest BCUT2D eigenvalue weighted by Gasteiger charge is 2.40. The molecular weight excluding hydrogens is 246 g/mol. The Morgan fingerprint density at radius 2 is 2.11 bits per heavy atom. The third-order valence-corrected chi connectivity index (χ3v) is 3.84. The molecule has 104 valence electrons. The number of hydrogen-bond acceptors (Lipinski definition) is 4. The molecule has 2 fully saturated rings. The van der Waals surface area contributed by atoms with Crippen LogP contribution < -0.4 is 5.32 Å². The van der Waals surface area contributed by atoms with Gasteiger partial charge in [0, 0.05) is 32.1 Å². The standard InChI is InChI=1S/C13H19N3O3/c1-16-7-4-11(15-16)12(17)14-10-2-5-13(6-3-10)18-8-9-19-13/h4,7,10H,2-3,5-6,8-9H2,1H3,(H,14,17). The van der Waals surface area contributed by atoms with Crippen molar-refractivity contribution in [2.24, 2.45) is 7.05 Å². The van der Waals surface area contributed by atoms with Crippen LogP contribution in [0.2, 0.25) is 0 Å². The van der Waals surface area contributed by atoms with Crippen molar-refractivity contribution >= 4 is 5.91 Å². The number of nitrogens with one attached hydrogen (secondary N) is 1. The van der Waals surface area contributed by atoms with Gasteiger partial charge in [0.25, 0.3) is 5.91 Å². The Kier molecular flexibility index (Phi) is 3.28. The van der Waals surface area contributed by atoms with E-state index in [0.717, 1.165) is 25.7 Å². The number of carbonyl (C=O) groups excluding carboxylic acids is 1. The van der Waals surface area contributed by atoms with Crippen LogP contribution >= 0.6 is 0 Å². The highest BCUT2D eigenvalue weighted by molar-refractivity contribution is 5.92. The molecule has 3 rings (SSSR count). The molecule has 2 heterocycles. The molecule has 1 N–H and O–H groups in total. The summed E-state index contributed by atoms with van der Waals surface area (Å²) in [4.78, 5) is 12.0. The van der Waals surface area contributed by atoms with Gasteiger partial charge < -0.3 is 14.8 Å². The fraction of sp³-hybridized carbons (Fsp3) is 0.692. The molecule has 1 aromatic heterocycles. The molecule has 1 aliphatic heterocycles. The van der Waals surface area contributed by atoms with E-state index in [0.29, 0.717) is 18.9 Å². The van der Waals surface area contributed by atoms with E-state index in [2.05, 4.69) is 10.4 Å². The lowest BCUT2D eigenvalue weighted by Gasteiger charge is -2.35. The molecule has 1 saturated carbocycles. The Morgan fingerprint density at radius 3 is 2.68 bits per heavy atom. The molecule has 1 aromatic rings. The first kappa shape index (κ1) is 12.6. The zero-order valence-corrected chi connectivity index (χ0v) is 11.1. The number of aryl methyl sites for hydroxylation is 1. The summed E-state index contributed by atoms with van der Waals surface area (Å²) in [6, 6.07) is 1.91. The SMILES string of the molecule is Cn1ccc(C(=O)NC2CCC3(CC2)OCCO3)n1. The molecule has 2 aliphatic rings. The van der Waals surface area contributed by atoms with E-state index in [1.807, 2.05) is 0 Å². The Labute approximate surface area is 112 Å². The first-order chi connectivity index (χ1) is 9.17. The average Bonchev–Trinajstić information content (AvgIpc) is 3.02. The Morgan fingerprint density at radius 1 is 1.42 bits per heavy atom. The van der Waals surface area contributed by atoms with Gasteiger partial charge in [-0.15, -0.1) is 0 Å². The minimum Gasteiger partial charge on any atom is -0.348 e. The lowest BCUT2D eigenvalue weighted by molar-refractivity contribution is -0.179. The van der Waals surface area contributed by atoms with Crippen molar-refractivity contribution in [2.75, 3.05) is 13.2 Å². The fourth-order valence-electron chi connectivity index (χ4n) is 2.78. The van der Waals surface area contributed by atoms with Crippen molar-refractivity contribution in [3.8, 4) is 0 Å². The van der Waals surface area contributed by atoms with Crippen LogP contribution in [0, 0.1) is 0 Å². The lowest BCUT2D eigenvalue weighted by Crippen LogP contribution is -2.44. The lowest BCUT2D eigenvalue weighted by atomic mass is 9.90. The maximum atomic E-state index is 12.0. The van der Waals surface area contributed by atoms with E-state index in [4.69, 9.17) is 9.47 Å². The number of carbonyl (C=O) groups is 1. The minimum atomic E-state index is -0.369. The fourth-order valence-corrected chi connectivity index (χ4v) is 2.78. The Balaban J connectivity index is 1.53. The van der Waals surface area contributed by atoms with Gasteiger partial charge in [-0.3, -0.25) is 9.48 Å². The summed E-state index contributed by atoms with van der Waals surface area (Å²) in [5.41, 5.74) is 0.469. The summed E-state index contributed by atoms with van der Waals surface area (Å²) >= 11 is 0. The van der Waals surface area contributed by atoms with Gasteiger partial charge in [-0.25, -0.2) is 0 Å². The summed E-state index contributed by atoms with van der Waals surface area (Å²) in [6.45, 7) is 1.37. The van der Waals surface area contributed by atoms with Crippen molar-refractivity contribution in [3.63, 3.8) is 0 Å². The maximum absolute atomic E-state index is 12.0. The predicted octanol–water partition coefficient (Wildman–Crippen LogP) is 0.836. The second-order valence-corrected chi connectivity index (χ2v) is 5.23. The highest BCUT2D eigenvalue weighted by Crippen LogP contribution is 2.35. The molecule has 6 heteroatoms. The van der Waals surface area contributed by atoms with Crippen LogP contribution in [0.3, 0.4) is 0 Å². The molecule has 19 heavy (non-hydrogen) atoms. The Bertz CT molecular complexity index is 455. The van der Waals surface area contributed by atoms with Gasteiger partial charge in [-0.2, -0.15) is 5.10 Å². The maximum Gasteiger partial charge on any atom is 0.271 e. The van der Waals surface area contributed by atoms with E-state index < -0.39 is 0 Å². The van der Waals surface area contributed by atoms with Crippen molar-refractivity contribution in [3.05, 3.63) is 18.0 Å². The molecule has 6 nitrogen and oxygen atoms in total. The second kappa shape index (κ2) is 4.94. The van der Waals surface area contributed by atoms with Crippen molar-refractivity contribution in [1.29, 1.82) is 0 Å². The third kappa shape index (κ3) is 2.64. The van der Waals surface area contributed by atoms with Gasteiger partial charge in [0.1, 0.15) is 5.69 Å². The van der Waals surface area contributed by atoms with Gasteiger partial charge in [0.15, 0.2) is 5.79 Å². The van der Waals surface area contributed by atoms with Crippen LogP contribution in [0.1, 0.15) is 36.2 Å². The van der Waals surface area contributed by atoms with Crippen LogP contribution in [0.25, 0.3) is 0 Å². The van der Waals surface area contributed by atoms with Crippen LogP contribution in [0.15, 0.2) is 12.3 Å². The molecule has 0 atom stereocenters. The predicted molar refractivity (Wildman–Crippen MR) is 67.6 cm³/mol. The number of amides is 1. The third-order valence-electron chi connectivity index (χ3n) is 3.84. The smallest absolute Gasteiger partial charge is 0.271 e. The van der Waals surface area contributed by atoms with Crippen molar-refractivity contribution in [2.45, 2.75) is 37.5 Å². The van der Waals surface area contributed by atoms with Gasteiger partial charge in [-0.05, 0) is 18.9 Å². The summed E-state index contributed by atoms with van der Waals surface area (Å²) in [6.07, 6.45) is 5.24. The molecule has 1 saturated heterocycles. The number of hydrogen-bond donors (Lipinski definition) is 1. The summed E-state index contributed by atoms with van der Waals surface area (Å²) in [7, 11) is 1.80. The summed E-state index contributed by atoms with van der Waals surface area (Å²) in [5, 5.41) is 7.13. The first-order valence-electron chi connectivity index (χ1n) is 6.75. The van der Waals surface area contributed by atoms with Gasteiger partial charge in [0.2, 0.25) is 0 Å². The zero-order valence-electron chi connectivity index (χ0n) is 11.1. The van der Waals surface area contributed by atoms with E-state index in [-0.39, 0.29) is 17.7 Å². The molecule has 0 radical (unpaired) electrons. The normalized spacial score (nSPS) is 22.8. The van der Waals surface area contributed by atoms with Crippen LogP contribution in [0.4, 0.5) is 0 Å². The minimum absolute atomic E-state index is 0.102. The first-order valence-corrected chi connectivity index (χ1v) is 6.75. The quantitative estimate of drug-likeness (QED) is 0.860. The van der Waals surface area contributed by atoms with E-state index in [1.165, 1.54) is 0 Å². The van der Waals surface area contributed by atoms with E-state index in [9.17, 15) is 4.79 Å². The van der Waals surface area contributed by atoms with Gasteiger partial charge >= 0.3 is 0 Å². The molecule has 1 amide bonds. The van der Waals surface area contributed by atoms with E-state index in [1.54, 1.807) is 24.0 Å². The number of nitrogens with zero attached hydrogens (tertiary/aromatic N) is 2. The highest BCUT2D eigenvalue weighted by atomic mass is 16.7. The van der Waals surface area contributed by atoms with Crippen molar-refractivity contribution < 1.29 is 14.3 Å². The molecule has 0 bridgehead atoms. The van der Waals surface area contributed by atoms with Gasteiger partial charge in [-0.1, -0.05) is 0 Å². The van der Waals surface area contributed by atoms with Crippen LogP contribution in [-0.2, 0) is 16.5 Å². The molecule has 1 aliphatic carbocycles. The van der Waals surface area contributed by atoms with Crippen LogP contribution in [-0.4, -0.2) is 40.7 Å². The monoisotopic (exact) mass is 265 g/mol. The largest absolute Gasteiger partial charge is 0.348 e. The van der Waals surface area contributed by atoms with Crippen molar-refractivity contribution in [1.82, 2.24) is 15.1 Å². The molecule has 0 aromatic carbocycles. The zero-order chi connectivity index (χ0) is 13.3. The number of ether oxygens (including phenoxy) is 2. The Hall–Kier alpha value is -1.40. The number of rotatable bonds is 2. The second-order valence-electron chi connectivity index (χ2n) is 5.23. The molecule has 1 spiro atoms. The molecule has 0 unspecified atom stereocenters. The summed E-state index contributed by atoms with van der Waals surface area (Å²) in [5.74, 6) is -0.471. The summed E-state index contributed by atoms with van der Waals surface area (Å²) < 4.78 is 13.0. The van der Waals surface area contributed by atoms with Crippen LogP contribution in [0.5, 0.6) is 0 Å². The average molecular weight is 265 g/mol.